The van der Waals surface area contributed by atoms with E-state index in [-0.39, 0.29) is 18.0 Å². The third kappa shape index (κ3) is 3.73. The zero-order chi connectivity index (χ0) is 19.7. The summed E-state index contributed by atoms with van der Waals surface area (Å²) in [5.41, 5.74) is 5.93. The zero-order valence-electron chi connectivity index (χ0n) is 17.1. The van der Waals surface area contributed by atoms with Crippen LogP contribution < -0.4 is 0 Å². The van der Waals surface area contributed by atoms with Crippen LogP contribution in [0.3, 0.4) is 0 Å². The van der Waals surface area contributed by atoms with Gasteiger partial charge in [0.1, 0.15) is 0 Å². The van der Waals surface area contributed by atoms with Crippen LogP contribution in [-0.2, 0) is 0 Å². The monoisotopic (exact) mass is 360 g/mol. The minimum absolute atomic E-state index is 0.0590. The van der Waals surface area contributed by atoms with Crippen LogP contribution in [0.1, 0.15) is 49.2 Å². The van der Waals surface area contributed by atoms with E-state index >= 15 is 0 Å². The highest BCUT2D eigenvalue weighted by atomic mass is 16.2. The van der Waals surface area contributed by atoms with Crippen LogP contribution >= 0.6 is 0 Å². The maximum Gasteiger partial charge on any atom is 0.255 e. The average molecular weight is 361 g/mol. The molecule has 0 aliphatic carbocycles. The Hall–Kier alpha value is -2.68. The number of hydrogen-bond donors (Lipinski definition) is 0. The van der Waals surface area contributed by atoms with Crippen molar-refractivity contribution in [3.8, 4) is 11.3 Å². The normalized spacial score (nSPS) is 11.4. The molecule has 0 bridgehead atoms. The third-order valence-corrected chi connectivity index (χ3v) is 5.10. The first-order valence-electron chi connectivity index (χ1n) is 9.59. The molecule has 0 spiro atoms. The van der Waals surface area contributed by atoms with Crippen molar-refractivity contribution in [2.24, 2.45) is 0 Å². The number of carbonyl (C=O) groups excluding carboxylic acids is 1. The SMILES string of the molecule is Cc1ccc(-c2cc(C(=O)N(C(C)C)C(C)C)c3ccccc3n2)cc1C. The van der Waals surface area contributed by atoms with Crippen molar-refractivity contribution < 1.29 is 4.79 Å². The second-order valence-electron chi connectivity index (χ2n) is 7.77. The molecule has 3 heteroatoms. The standard InChI is InChI=1S/C24H28N2O/c1-15(2)26(16(3)4)24(27)21-14-23(19-12-11-17(5)18(6)13-19)25-22-10-8-7-9-20(21)22/h7-16H,1-6H3. The number of carbonyl (C=O) groups is 1. The van der Waals surface area contributed by atoms with Gasteiger partial charge in [0.15, 0.2) is 0 Å². The zero-order valence-corrected chi connectivity index (χ0v) is 17.1. The van der Waals surface area contributed by atoms with Gasteiger partial charge in [0.2, 0.25) is 0 Å². The number of rotatable bonds is 4. The summed E-state index contributed by atoms with van der Waals surface area (Å²) in [6.07, 6.45) is 0. The van der Waals surface area contributed by atoms with Gasteiger partial charge in [-0.05, 0) is 70.9 Å². The van der Waals surface area contributed by atoms with Crippen LogP contribution in [0.25, 0.3) is 22.2 Å². The van der Waals surface area contributed by atoms with Gasteiger partial charge in [-0.1, -0.05) is 30.3 Å². The molecule has 0 aliphatic rings. The lowest BCUT2D eigenvalue weighted by Gasteiger charge is -2.31. The average Bonchev–Trinajstić information content (AvgIpc) is 2.62. The van der Waals surface area contributed by atoms with E-state index in [2.05, 4.69) is 59.7 Å². The first-order chi connectivity index (χ1) is 12.8. The molecule has 3 rings (SSSR count). The van der Waals surface area contributed by atoms with E-state index in [0.29, 0.717) is 0 Å². The summed E-state index contributed by atoms with van der Waals surface area (Å²) in [5.74, 6) is 0.0590. The highest BCUT2D eigenvalue weighted by molar-refractivity contribution is 6.07. The van der Waals surface area contributed by atoms with E-state index in [0.717, 1.165) is 27.7 Å². The van der Waals surface area contributed by atoms with Crippen molar-refractivity contribution in [3.63, 3.8) is 0 Å². The van der Waals surface area contributed by atoms with Gasteiger partial charge in [-0.3, -0.25) is 4.79 Å². The van der Waals surface area contributed by atoms with E-state index in [9.17, 15) is 4.79 Å². The van der Waals surface area contributed by atoms with Crippen LogP contribution in [0, 0.1) is 13.8 Å². The molecule has 27 heavy (non-hydrogen) atoms. The summed E-state index contributed by atoms with van der Waals surface area (Å²) < 4.78 is 0. The number of aryl methyl sites for hydroxylation is 2. The number of hydrogen-bond acceptors (Lipinski definition) is 2. The Bertz CT molecular complexity index is 981. The van der Waals surface area contributed by atoms with E-state index in [1.165, 1.54) is 11.1 Å². The molecule has 0 unspecified atom stereocenters. The van der Waals surface area contributed by atoms with Crippen molar-refractivity contribution in [2.75, 3.05) is 0 Å². The molecule has 0 fully saturated rings. The summed E-state index contributed by atoms with van der Waals surface area (Å²) in [6, 6.07) is 16.4. The van der Waals surface area contributed by atoms with Gasteiger partial charge >= 0.3 is 0 Å². The molecule has 0 N–H and O–H groups in total. The molecule has 0 saturated carbocycles. The fourth-order valence-corrected chi connectivity index (χ4v) is 3.61. The Morgan fingerprint density at radius 2 is 1.56 bits per heavy atom. The number of benzene rings is 2. The largest absolute Gasteiger partial charge is 0.334 e. The maximum absolute atomic E-state index is 13.4. The summed E-state index contributed by atoms with van der Waals surface area (Å²) in [5, 5.41) is 0.904. The summed E-state index contributed by atoms with van der Waals surface area (Å²) in [4.78, 5) is 20.2. The number of aromatic nitrogens is 1. The fourth-order valence-electron chi connectivity index (χ4n) is 3.61. The van der Waals surface area contributed by atoms with Gasteiger partial charge in [-0.15, -0.1) is 0 Å². The van der Waals surface area contributed by atoms with Crippen molar-refractivity contribution in [3.05, 3.63) is 65.2 Å². The Balaban J connectivity index is 2.22. The Morgan fingerprint density at radius 1 is 0.889 bits per heavy atom. The van der Waals surface area contributed by atoms with Crippen LogP contribution in [-0.4, -0.2) is 27.9 Å². The molecule has 1 heterocycles. The molecule has 0 saturated heterocycles. The smallest absolute Gasteiger partial charge is 0.255 e. The quantitative estimate of drug-likeness (QED) is 0.591. The van der Waals surface area contributed by atoms with Crippen LogP contribution in [0.5, 0.6) is 0 Å². The van der Waals surface area contributed by atoms with Crippen molar-refractivity contribution in [1.29, 1.82) is 0 Å². The van der Waals surface area contributed by atoms with E-state index in [1.807, 2.05) is 35.2 Å². The summed E-state index contributed by atoms with van der Waals surface area (Å²) in [6.45, 7) is 12.4. The first-order valence-corrected chi connectivity index (χ1v) is 9.59. The van der Waals surface area contributed by atoms with Gasteiger partial charge in [-0.2, -0.15) is 0 Å². The van der Waals surface area contributed by atoms with E-state index in [4.69, 9.17) is 4.98 Å². The number of amides is 1. The van der Waals surface area contributed by atoms with Crippen molar-refractivity contribution in [1.82, 2.24) is 9.88 Å². The molecule has 0 atom stereocenters. The Labute approximate surface area is 162 Å². The second kappa shape index (κ2) is 7.51. The highest BCUT2D eigenvalue weighted by Gasteiger charge is 2.24. The number of para-hydroxylation sites is 1. The number of pyridine rings is 1. The molecular formula is C24H28N2O. The van der Waals surface area contributed by atoms with Gasteiger partial charge in [-0.25, -0.2) is 4.98 Å². The molecular weight excluding hydrogens is 332 g/mol. The molecule has 0 radical (unpaired) electrons. The van der Waals surface area contributed by atoms with Gasteiger partial charge < -0.3 is 4.90 Å². The Kier molecular flexibility index (Phi) is 5.31. The maximum atomic E-state index is 13.4. The molecule has 0 aliphatic heterocycles. The molecule has 1 aromatic heterocycles. The van der Waals surface area contributed by atoms with Crippen LogP contribution in [0.4, 0.5) is 0 Å². The van der Waals surface area contributed by atoms with Crippen molar-refractivity contribution >= 4 is 16.8 Å². The number of fused-ring (bicyclic) bond motifs is 1. The predicted octanol–water partition coefficient (Wildman–Crippen LogP) is 5.78. The molecule has 140 valence electrons. The summed E-state index contributed by atoms with van der Waals surface area (Å²) in [7, 11) is 0. The molecule has 2 aromatic carbocycles. The molecule has 3 aromatic rings. The lowest BCUT2D eigenvalue weighted by atomic mass is 10.00. The van der Waals surface area contributed by atoms with Gasteiger partial charge in [0, 0.05) is 23.0 Å². The van der Waals surface area contributed by atoms with Crippen molar-refractivity contribution in [2.45, 2.75) is 53.6 Å². The number of nitrogens with zero attached hydrogens (tertiary/aromatic N) is 2. The minimum Gasteiger partial charge on any atom is -0.334 e. The predicted molar refractivity (Wildman–Crippen MR) is 113 cm³/mol. The lowest BCUT2D eigenvalue weighted by molar-refractivity contribution is 0.0646. The van der Waals surface area contributed by atoms with Gasteiger partial charge in [0.25, 0.3) is 5.91 Å². The lowest BCUT2D eigenvalue weighted by Crippen LogP contribution is -2.42. The molecule has 1 amide bonds. The van der Waals surface area contributed by atoms with Crippen LogP contribution in [0.15, 0.2) is 48.5 Å². The fraction of sp³-hybridized carbons (Fsp3) is 0.333. The third-order valence-electron chi connectivity index (χ3n) is 5.10. The van der Waals surface area contributed by atoms with E-state index < -0.39 is 0 Å². The topological polar surface area (TPSA) is 33.2 Å². The molecule has 3 nitrogen and oxygen atoms in total. The second-order valence-corrected chi connectivity index (χ2v) is 7.77. The minimum atomic E-state index is 0.0590. The highest BCUT2D eigenvalue weighted by Crippen LogP contribution is 2.28. The first kappa shape index (κ1) is 19.1. The van der Waals surface area contributed by atoms with Gasteiger partial charge in [0.05, 0.1) is 16.8 Å². The van der Waals surface area contributed by atoms with E-state index in [1.54, 1.807) is 0 Å². The summed E-state index contributed by atoms with van der Waals surface area (Å²) >= 11 is 0. The van der Waals surface area contributed by atoms with Crippen LogP contribution in [0.2, 0.25) is 0 Å². The Morgan fingerprint density at radius 3 is 2.19 bits per heavy atom.